The Labute approximate surface area is 193 Å². The molecule has 3 aromatic carbocycles. The molecule has 0 radical (unpaired) electrons. The van der Waals surface area contributed by atoms with Crippen LogP contribution in [0.1, 0.15) is 29.6 Å². The van der Waals surface area contributed by atoms with Crippen LogP contribution in [0.5, 0.6) is 0 Å². The molecule has 0 aromatic heterocycles. The van der Waals surface area contributed by atoms with Gasteiger partial charge in [-0.1, -0.05) is 23.7 Å². The van der Waals surface area contributed by atoms with Crippen molar-refractivity contribution in [3.63, 3.8) is 0 Å². The Morgan fingerprint density at radius 2 is 1.50 bits per heavy atom. The van der Waals surface area contributed by atoms with Crippen molar-refractivity contribution in [2.45, 2.75) is 24.2 Å². The number of amides is 1. The summed E-state index contributed by atoms with van der Waals surface area (Å²) in [5.74, 6) is -0.250. The van der Waals surface area contributed by atoms with E-state index in [9.17, 15) is 13.2 Å². The van der Waals surface area contributed by atoms with Crippen molar-refractivity contribution < 1.29 is 13.2 Å². The second-order valence-electron chi connectivity index (χ2n) is 7.66. The summed E-state index contributed by atoms with van der Waals surface area (Å²) in [6.07, 6.45) is 3.66. The van der Waals surface area contributed by atoms with E-state index in [0.29, 0.717) is 22.0 Å². The van der Waals surface area contributed by atoms with Crippen LogP contribution in [0.15, 0.2) is 77.7 Å². The average molecular weight is 470 g/mol. The molecule has 3 aromatic rings. The van der Waals surface area contributed by atoms with Crippen molar-refractivity contribution >= 4 is 44.6 Å². The minimum Gasteiger partial charge on any atom is -0.372 e. The Bertz CT molecular complexity index is 1190. The van der Waals surface area contributed by atoms with Crippen LogP contribution in [0.2, 0.25) is 5.02 Å². The van der Waals surface area contributed by atoms with Crippen LogP contribution in [0, 0.1) is 0 Å². The summed E-state index contributed by atoms with van der Waals surface area (Å²) < 4.78 is 27.7. The SMILES string of the molecule is O=C(Nc1ccc(S(=O)(=O)Nc2ccccc2Cl)cc1)c1ccc(N2CCCCC2)cc1. The first-order valence-corrected chi connectivity index (χ1v) is 12.3. The van der Waals surface area contributed by atoms with Crippen molar-refractivity contribution in [2.75, 3.05) is 28.0 Å². The molecule has 1 heterocycles. The maximum atomic E-state index is 12.6. The van der Waals surface area contributed by atoms with Crippen molar-refractivity contribution in [3.8, 4) is 0 Å². The number of carbonyl (C=O) groups excluding carboxylic acids is 1. The van der Waals surface area contributed by atoms with Gasteiger partial charge in [0.05, 0.1) is 15.6 Å². The standard InChI is InChI=1S/C24H24ClN3O3S/c25-22-6-2-3-7-23(22)27-32(30,31)21-14-10-19(11-15-21)26-24(29)18-8-12-20(13-9-18)28-16-4-1-5-17-28/h2-3,6-15,27H,1,4-5,16-17H2,(H,26,29). The van der Waals surface area contributed by atoms with Crippen LogP contribution >= 0.6 is 11.6 Å². The molecular weight excluding hydrogens is 446 g/mol. The number of para-hydroxylation sites is 1. The van der Waals surface area contributed by atoms with Gasteiger partial charge in [0.1, 0.15) is 0 Å². The molecule has 0 saturated carbocycles. The molecule has 4 rings (SSSR count). The van der Waals surface area contributed by atoms with Gasteiger partial charge in [0, 0.05) is 30.0 Å². The molecule has 0 aliphatic carbocycles. The van der Waals surface area contributed by atoms with E-state index in [1.165, 1.54) is 31.4 Å². The molecule has 32 heavy (non-hydrogen) atoms. The number of sulfonamides is 1. The van der Waals surface area contributed by atoms with Crippen LogP contribution in [0.25, 0.3) is 0 Å². The van der Waals surface area contributed by atoms with E-state index in [0.717, 1.165) is 18.8 Å². The summed E-state index contributed by atoms with van der Waals surface area (Å²) >= 11 is 6.04. The lowest BCUT2D eigenvalue weighted by molar-refractivity contribution is 0.102. The van der Waals surface area contributed by atoms with Gasteiger partial charge in [0.25, 0.3) is 15.9 Å². The molecule has 0 bridgehead atoms. The van der Waals surface area contributed by atoms with Gasteiger partial charge >= 0.3 is 0 Å². The summed E-state index contributed by atoms with van der Waals surface area (Å²) in [6, 6.07) is 20.2. The lowest BCUT2D eigenvalue weighted by Crippen LogP contribution is -2.29. The molecule has 1 fully saturated rings. The fourth-order valence-corrected chi connectivity index (χ4v) is 4.96. The van der Waals surface area contributed by atoms with Crippen LogP contribution < -0.4 is 14.9 Å². The van der Waals surface area contributed by atoms with Crippen LogP contribution in [0.4, 0.5) is 17.1 Å². The second kappa shape index (κ2) is 9.63. The highest BCUT2D eigenvalue weighted by Crippen LogP contribution is 2.25. The quantitative estimate of drug-likeness (QED) is 0.507. The molecule has 166 valence electrons. The number of nitrogens with zero attached hydrogens (tertiary/aromatic N) is 1. The first-order chi connectivity index (χ1) is 15.4. The van der Waals surface area contributed by atoms with Gasteiger partial charge in [0.15, 0.2) is 0 Å². The van der Waals surface area contributed by atoms with Crippen LogP contribution in [-0.2, 0) is 10.0 Å². The summed E-state index contributed by atoms with van der Waals surface area (Å²) in [5, 5.41) is 3.12. The Morgan fingerprint density at radius 1 is 0.844 bits per heavy atom. The molecule has 1 amide bonds. The number of hydrogen-bond acceptors (Lipinski definition) is 4. The molecule has 0 unspecified atom stereocenters. The zero-order chi connectivity index (χ0) is 22.6. The number of piperidine rings is 1. The van der Waals surface area contributed by atoms with Crippen LogP contribution in [0.3, 0.4) is 0 Å². The molecule has 2 N–H and O–H groups in total. The number of rotatable bonds is 6. The van der Waals surface area contributed by atoms with Gasteiger partial charge in [-0.2, -0.15) is 0 Å². The minimum atomic E-state index is -3.80. The zero-order valence-electron chi connectivity index (χ0n) is 17.4. The third-order valence-corrected chi connectivity index (χ3v) is 7.10. The predicted octanol–water partition coefficient (Wildman–Crippen LogP) is 5.38. The fourth-order valence-electron chi connectivity index (χ4n) is 3.64. The van der Waals surface area contributed by atoms with Crippen molar-refractivity contribution in [2.24, 2.45) is 0 Å². The maximum absolute atomic E-state index is 12.6. The van der Waals surface area contributed by atoms with Gasteiger partial charge < -0.3 is 10.2 Å². The fraction of sp³-hybridized carbons (Fsp3) is 0.208. The summed E-state index contributed by atoms with van der Waals surface area (Å²) in [6.45, 7) is 2.10. The van der Waals surface area contributed by atoms with E-state index < -0.39 is 10.0 Å². The second-order valence-corrected chi connectivity index (χ2v) is 9.75. The van der Waals surface area contributed by atoms with Crippen molar-refractivity contribution in [3.05, 3.63) is 83.4 Å². The van der Waals surface area contributed by atoms with Crippen molar-refractivity contribution in [1.82, 2.24) is 0 Å². The molecule has 0 atom stereocenters. The van der Waals surface area contributed by atoms with E-state index in [1.807, 2.05) is 24.3 Å². The van der Waals surface area contributed by atoms with E-state index in [-0.39, 0.29) is 10.8 Å². The Balaban J connectivity index is 1.41. The molecule has 1 aliphatic heterocycles. The van der Waals surface area contributed by atoms with Crippen molar-refractivity contribution in [1.29, 1.82) is 0 Å². The molecule has 0 spiro atoms. The number of nitrogens with one attached hydrogen (secondary N) is 2. The van der Waals surface area contributed by atoms with Crippen LogP contribution in [-0.4, -0.2) is 27.4 Å². The third kappa shape index (κ3) is 5.23. The molecule has 1 saturated heterocycles. The minimum absolute atomic E-state index is 0.0707. The molecular formula is C24H24ClN3O3S. The van der Waals surface area contributed by atoms with E-state index in [1.54, 1.807) is 36.4 Å². The Kier molecular flexibility index (Phi) is 6.67. The third-order valence-electron chi connectivity index (χ3n) is 5.39. The van der Waals surface area contributed by atoms with Gasteiger partial charge in [0.2, 0.25) is 0 Å². The number of halogens is 1. The van der Waals surface area contributed by atoms with Gasteiger partial charge in [-0.15, -0.1) is 0 Å². The summed E-state index contributed by atoms with van der Waals surface area (Å²) in [7, 11) is -3.80. The highest BCUT2D eigenvalue weighted by molar-refractivity contribution is 7.92. The maximum Gasteiger partial charge on any atom is 0.261 e. The normalized spacial score (nSPS) is 14.1. The topological polar surface area (TPSA) is 78.5 Å². The number of anilines is 3. The van der Waals surface area contributed by atoms with Gasteiger partial charge in [-0.25, -0.2) is 8.42 Å². The average Bonchev–Trinajstić information content (AvgIpc) is 2.81. The van der Waals surface area contributed by atoms with Gasteiger partial charge in [-0.3, -0.25) is 9.52 Å². The molecule has 6 nitrogen and oxygen atoms in total. The molecule has 8 heteroatoms. The smallest absolute Gasteiger partial charge is 0.261 e. The Hall–Kier alpha value is -3.03. The van der Waals surface area contributed by atoms with Gasteiger partial charge in [-0.05, 0) is 79.9 Å². The number of carbonyl (C=O) groups is 1. The Morgan fingerprint density at radius 3 is 2.16 bits per heavy atom. The lowest BCUT2D eigenvalue weighted by Gasteiger charge is -2.28. The number of benzene rings is 3. The van der Waals surface area contributed by atoms with E-state index in [2.05, 4.69) is 14.9 Å². The summed E-state index contributed by atoms with van der Waals surface area (Å²) in [4.78, 5) is 15.0. The first-order valence-electron chi connectivity index (χ1n) is 10.5. The first kappa shape index (κ1) is 22.2. The lowest BCUT2D eigenvalue weighted by atomic mass is 10.1. The zero-order valence-corrected chi connectivity index (χ0v) is 19.0. The largest absolute Gasteiger partial charge is 0.372 e. The highest BCUT2D eigenvalue weighted by atomic mass is 35.5. The predicted molar refractivity (Wildman–Crippen MR) is 129 cm³/mol. The molecule has 1 aliphatic rings. The highest BCUT2D eigenvalue weighted by Gasteiger charge is 2.16. The van der Waals surface area contributed by atoms with E-state index in [4.69, 9.17) is 11.6 Å². The van der Waals surface area contributed by atoms with E-state index >= 15 is 0 Å². The summed E-state index contributed by atoms with van der Waals surface area (Å²) in [5.41, 5.74) is 2.48. The number of hydrogen-bond donors (Lipinski definition) is 2. The monoisotopic (exact) mass is 469 g/mol.